The molecule has 2 aromatic carbocycles. The normalized spacial score (nSPS) is 10.7. The summed E-state index contributed by atoms with van der Waals surface area (Å²) in [7, 11) is 0. The minimum atomic E-state index is -0.387. The van der Waals surface area contributed by atoms with Gasteiger partial charge >= 0.3 is 6.09 Å². The first-order valence-electron chi connectivity index (χ1n) is 7.52. The van der Waals surface area contributed by atoms with Crippen LogP contribution in [0, 0.1) is 6.92 Å². The molecule has 0 aromatic heterocycles. The summed E-state index contributed by atoms with van der Waals surface area (Å²) >= 11 is 3.48. The van der Waals surface area contributed by atoms with Gasteiger partial charge in [0.1, 0.15) is 6.61 Å². The number of hydrogen-bond acceptors (Lipinski definition) is 2. The number of benzene rings is 2. The number of carbonyl (C=O) groups is 1. The molecular formula is C19H20BrNO2. The lowest BCUT2D eigenvalue weighted by molar-refractivity contribution is 0.140. The highest BCUT2D eigenvalue weighted by Crippen LogP contribution is 2.17. The summed E-state index contributed by atoms with van der Waals surface area (Å²) in [6, 6.07) is 15.8. The summed E-state index contributed by atoms with van der Waals surface area (Å²) in [6.07, 6.45) is 4.47. The minimum absolute atomic E-state index is 0.292. The first-order chi connectivity index (χ1) is 11.1. The molecule has 1 amide bonds. The van der Waals surface area contributed by atoms with Crippen LogP contribution in [0.4, 0.5) is 4.79 Å². The van der Waals surface area contributed by atoms with E-state index in [1.165, 1.54) is 5.56 Å². The number of aryl methyl sites for hydroxylation is 1. The van der Waals surface area contributed by atoms with Gasteiger partial charge in [0, 0.05) is 11.0 Å². The standard InChI is InChI=1S/C19H20BrNO2/c1-15-13-16(10-11-18(15)20)7-5-6-12-21-19(22)23-14-17-8-3-2-4-9-17/h2-5,7-11,13H,6,12,14H2,1H3,(H,21,22). The van der Waals surface area contributed by atoms with Crippen molar-refractivity contribution in [3.63, 3.8) is 0 Å². The number of alkyl carbamates (subject to hydrolysis) is 1. The van der Waals surface area contributed by atoms with E-state index in [1.807, 2.05) is 42.5 Å². The van der Waals surface area contributed by atoms with Crippen LogP contribution < -0.4 is 5.32 Å². The zero-order valence-electron chi connectivity index (χ0n) is 13.1. The van der Waals surface area contributed by atoms with Crippen molar-refractivity contribution in [2.24, 2.45) is 0 Å². The van der Waals surface area contributed by atoms with E-state index in [0.717, 1.165) is 22.0 Å². The number of hydrogen-bond donors (Lipinski definition) is 1. The van der Waals surface area contributed by atoms with E-state index in [0.29, 0.717) is 13.2 Å². The second-order valence-electron chi connectivity index (χ2n) is 5.19. The molecule has 0 bridgehead atoms. The fourth-order valence-electron chi connectivity index (χ4n) is 2.02. The first kappa shape index (κ1) is 17.3. The highest BCUT2D eigenvalue weighted by molar-refractivity contribution is 9.10. The van der Waals surface area contributed by atoms with Crippen molar-refractivity contribution < 1.29 is 9.53 Å². The summed E-state index contributed by atoms with van der Waals surface area (Å²) in [5.41, 5.74) is 3.33. The third-order valence-electron chi connectivity index (χ3n) is 3.29. The predicted molar refractivity (Wildman–Crippen MR) is 97.2 cm³/mol. The van der Waals surface area contributed by atoms with E-state index in [2.05, 4.69) is 46.4 Å². The van der Waals surface area contributed by atoms with Gasteiger partial charge in [-0.2, -0.15) is 0 Å². The van der Waals surface area contributed by atoms with Crippen molar-refractivity contribution >= 4 is 28.1 Å². The van der Waals surface area contributed by atoms with Gasteiger partial charge in [-0.1, -0.05) is 70.5 Å². The Morgan fingerprint density at radius 1 is 1.22 bits per heavy atom. The zero-order valence-corrected chi connectivity index (χ0v) is 14.7. The molecule has 0 saturated carbocycles. The maximum Gasteiger partial charge on any atom is 0.407 e. The monoisotopic (exact) mass is 373 g/mol. The summed E-state index contributed by atoms with van der Waals surface area (Å²) in [4.78, 5) is 11.6. The maximum atomic E-state index is 11.6. The molecule has 0 heterocycles. The minimum Gasteiger partial charge on any atom is -0.445 e. The van der Waals surface area contributed by atoms with E-state index in [-0.39, 0.29) is 6.09 Å². The summed E-state index contributed by atoms with van der Waals surface area (Å²) < 4.78 is 6.25. The van der Waals surface area contributed by atoms with Crippen LogP contribution in [0.1, 0.15) is 23.1 Å². The van der Waals surface area contributed by atoms with Gasteiger partial charge < -0.3 is 10.1 Å². The van der Waals surface area contributed by atoms with Crippen LogP contribution in [-0.2, 0) is 11.3 Å². The molecule has 0 saturated heterocycles. The quantitative estimate of drug-likeness (QED) is 0.716. The lowest BCUT2D eigenvalue weighted by Crippen LogP contribution is -2.24. The Morgan fingerprint density at radius 3 is 2.74 bits per heavy atom. The number of halogens is 1. The third kappa shape index (κ3) is 6.28. The molecule has 0 unspecified atom stereocenters. The molecule has 2 rings (SSSR count). The molecule has 120 valence electrons. The average Bonchev–Trinajstić information content (AvgIpc) is 2.57. The van der Waals surface area contributed by atoms with Crippen LogP contribution in [-0.4, -0.2) is 12.6 Å². The Hall–Kier alpha value is -2.07. The number of ether oxygens (including phenoxy) is 1. The molecule has 4 heteroatoms. The van der Waals surface area contributed by atoms with Gasteiger partial charge in [0.2, 0.25) is 0 Å². The van der Waals surface area contributed by atoms with Gasteiger partial charge in [-0.15, -0.1) is 0 Å². The summed E-state index contributed by atoms with van der Waals surface area (Å²) in [6.45, 7) is 2.91. The average molecular weight is 374 g/mol. The molecule has 0 atom stereocenters. The van der Waals surface area contributed by atoms with Crippen molar-refractivity contribution in [2.45, 2.75) is 20.0 Å². The van der Waals surface area contributed by atoms with Crippen LogP contribution in [0.3, 0.4) is 0 Å². The van der Waals surface area contributed by atoms with Gasteiger partial charge in [-0.3, -0.25) is 0 Å². The number of nitrogens with one attached hydrogen (secondary N) is 1. The van der Waals surface area contributed by atoms with Crippen LogP contribution >= 0.6 is 15.9 Å². The van der Waals surface area contributed by atoms with Crippen molar-refractivity contribution in [3.05, 3.63) is 75.8 Å². The molecule has 1 N–H and O–H groups in total. The van der Waals surface area contributed by atoms with E-state index >= 15 is 0 Å². The van der Waals surface area contributed by atoms with Gasteiger partial charge in [-0.25, -0.2) is 4.79 Å². The van der Waals surface area contributed by atoms with Gasteiger partial charge in [0.15, 0.2) is 0 Å². The molecule has 3 nitrogen and oxygen atoms in total. The smallest absolute Gasteiger partial charge is 0.407 e. The van der Waals surface area contributed by atoms with Crippen molar-refractivity contribution in [1.82, 2.24) is 5.32 Å². The molecule has 0 aliphatic heterocycles. The van der Waals surface area contributed by atoms with Crippen LogP contribution in [0.15, 0.2) is 59.1 Å². The molecule has 0 radical (unpaired) electrons. The van der Waals surface area contributed by atoms with E-state index in [9.17, 15) is 4.79 Å². The largest absolute Gasteiger partial charge is 0.445 e. The van der Waals surface area contributed by atoms with Crippen LogP contribution in [0.5, 0.6) is 0 Å². The van der Waals surface area contributed by atoms with Crippen LogP contribution in [0.2, 0.25) is 0 Å². The Kier molecular flexibility index (Phi) is 6.88. The lowest BCUT2D eigenvalue weighted by Gasteiger charge is -2.06. The second-order valence-corrected chi connectivity index (χ2v) is 6.04. The topological polar surface area (TPSA) is 38.3 Å². The SMILES string of the molecule is Cc1cc(C=CCCNC(=O)OCc2ccccc2)ccc1Br. The number of rotatable bonds is 6. The fraction of sp³-hybridized carbons (Fsp3) is 0.211. The molecule has 0 aliphatic carbocycles. The van der Waals surface area contributed by atoms with Crippen LogP contribution in [0.25, 0.3) is 6.08 Å². The highest BCUT2D eigenvalue weighted by Gasteiger charge is 2.00. The maximum absolute atomic E-state index is 11.6. The van der Waals surface area contributed by atoms with Gasteiger partial charge in [0.05, 0.1) is 0 Å². The number of amides is 1. The highest BCUT2D eigenvalue weighted by atomic mass is 79.9. The fourth-order valence-corrected chi connectivity index (χ4v) is 2.27. The summed E-state index contributed by atoms with van der Waals surface area (Å²) in [5.74, 6) is 0. The van der Waals surface area contributed by atoms with E-state index in [4.69, 9.17) is 4.74 Å². The molecule has 0 spiro atoms. The van der Waals surface area contributed by atoms with Crippen molar-refractivity contribution in [3.8, 4) is 0 Å². The molecule has 0 fully saturated rings. The Morgan fingerprint density at radius 2 is 2.00 bits per heavy atom. The Balaban J connectivity index is 1.65. The van der Waals surface area contributed by atoms with Crippen molar-refractivity contribution in [2.75, 3.05) is 6.54 Å². The molecular weight excluding hydrogens is 354 g/mol. The first-order valence-corrected chi connectivity index (χ1v) is 8.31. The second kappa shape index (κ2) is 9.16. The zero-order chi connectivity index (χ0) is 16.5. The predicted octanol–water partition coefficient (Wildman–Crippen LogP) is 5.09. The van der Waals surface area contributed by atoms with Gasteiger partial charge in [-0.05, 0) is 36.1 Å². The lowest BCUT2D eigenvalue weighted by atomic mass is 10.1. The third-order valence-corrected chi connectivity index (χ3v) is 4.18. The summed E-state index contributed by atoms with van der Waals surface area (Å²) in [5, 5.41) is 2.74. The van der Waals surface area contributed by atoms with E-state index in [1.54, 1.807) is 0 Å². The number of carbonyl (C=O) groups excluding carboxylic acids is 1. The van der Waals surface area contributed by atoms with Gasteiger partial charge in [0.25, 0.3) is 0 Å². The Bertz CT molecular complexity index is 668. The molecule has 2 aromatic rings. The van der Waals surface area contributed by atoms with E-state index < -0.39 is 0 Å². The van der Waals surface area contributed by atoms with Crippen molar-refractivity contribution in [1.29, 1.82) is 0 Å². The Labute approximate surface area is 145 Å². The molecule has 23 heavy (non-hydrogen) atoms. The molecule has 0 aliphatic rings.